The van der Waals surface area contributed by atoms with E-state index in [4.69, 9.17) is 0 Å². The molecule has 1 heterocycles. The Hall–Kier alpha value is -1.20. The maximum atomic E-state index is 4.21. The average Bonchev–Trinajstić information content (AvgIpc) is 3.10. The van der Waals surface area contributed by atoms with Crippen LogP contribution in [0.4, 0.5) is 0 Å². The lowest BCUT2D eigenvalue weighted by Gasteiger charge is -2.07. The third kappa shape index (κ3) is 2.87. The number of hydrogen-bond acceptors (Lipinski definition) is 3. The first-order valence-electron chi connectivity index (χ1n) is 6.55. The van der Waals surface area contributed by atoms with Crippen LogP contribution in [0.2, 0.25) is 0 Å². The normalized spacial score (nSPS) is 14.9. The molecule has 1 N–H and O–H groups in total. The first-order chi connectivity index (χ1) is 9.13. The molecule has 4 nitrogen and oxygen atoms in total. The van der Waals surface area contributed by atoms with Crippen LogP contribution in [0.25, 0.3) is 5.69 Å². The van der Waals surface area contributed by atoms with Crippen LogP contribution in [0.3, 0.4) is 0 Å². The molecule has 1 saturated carbocycles. The Morgan fingerprint density at radius 2 is 2.00 bits per heavy atom. The minimum atomic E-state index is 0.697. The van der Waals surface area contributed by atoms with Gasteiger partial charge in [-0.05, 0) is 49.9 Å². The highest BCUT2D eigenvalue weighted by molar-refractivity contribution is 9.10. The first kappa shape index (κ1) is 12.8. The topological polar surface area (TPSA) is 42.7 Å². The monoisotopic (exact) mass is 320 g/mol. The van der Waals surface area contributed by atoms with Crippen LogP contribution in [-0.4, -0.2) is 21.0 Å². The third-order valence-corrected chi connectivity index (χ3v) is 4.63. The van der Waals surface area contributed by atoms with Gasteiger partial charge >= 0.3 is 0 Å². The van der Waals surface area contributed by atoms with E-state index < -0.39 is 0 Å². The van der Waals surface area contributed by atoms with Gasteiger partial charge in [0.1, 0.15) is 0 Å². The molecule has 2 aromatic rings. The summed E-state index contributed by atoms with van der Waals surface area (Å²) in [5.41, 5.74) is 4.47. The van der Waals surface area contributed by atoms with Gasteiger partial charge in [0.15, 0.2) is 0 Å². The summed E-state index contributed by atoms with van der Waals surface area (Å²) >= 11 is 3.58. The summed E-state index contributed by atoms with van der Waals surface area (Å²) in [4.78, 5) is 0. The van der Waals surface area contributed by atoms with Gasteiger partial charge in [-0.25, -0.2) is 4.68 Å². The van der Waals surface area contributed by atoms with Gasteiger partial charge in [-0.3, -0.25) is 0 Å². The van der Waals surface area contributed by atoms with Gasteiger partial charge in [-0.2, -0.15) is 0 Å². The Labute approximate surface area is 121 Å². The van der Waals surface area contributed by atoms with E-state index in [1.54, 1.807) is 0 Å². The molecule has 1 fully saturated rings. The zero-order chi connectivity index (χ0) is 13.4. The maximum absolute atomic E-state index is 4.21. The van der Waals surface area contributed by atoms with Gasteiger partial charge in [0.2, 0.25) is 0 Å². The molecule has 0 saturated heterocycles. The van der Waals surface area contributed by atoms with Crippen molar-refractivity contribution < 1.29 is 0 Å². The van der Waals surface area contributed by atoms with E-state index >= 15 is 0 Å². The summed E-state index contributed by atoms with van der Waals surface area (Å²) in [6, 6.07) is 4.93. The fourth-order valence-corrected chi connectivity index (χ4v) is 2.33. The second kappa shape index (κ2) is 5.06. The molecule has 1 aliphatic rings. The number of aryl methyl sites for hydroxylation is 2. The van der Waals surface area contributed by atoms with Crippen LogP contribution in [0.1, 0.15) is 29.7 Å². The van der Waals surface area contributed by atoms with Crippen LogP contribution in [0, 0.1) is 13.8 Å². The van der Waals surface area contributed by atoms with E-state index in [9.17, 15) is 0 Å². The third-order valence-electron chi connectivity index (χ3n) is 3.38. The predicted octanol–water partition coefficient (Wildman–Crippen LogP) is 2.90. The van der Waals surface area contributed by atoms with Gasteiger partial charge in [-0.1, -0.05) is 21.1 Å². The van der Waals surface area contributed by atoms with Crippen LogP contribution in [0.5, 0.6) is 0 Å². The Balaban J connectivity index is 1.81. The minimum absolute atomic E-state index is 0.697. The second-order valence-corrected chi connectivity index (χ2v) is 6.00. The molecule has 100 valence electrons. The summed E-state index contributed by atoms with van der Waals surface area (Å²) in [5, 5.41) is 11.9. The van der Waals surface area contributed by atoms with E-state index in [0.717, 1.165) is 22.4 Å². The highest BCUT2D eigenvalue weighted by Gasteiger charge is 2.20. The highest BCUT2D eigenvalue weighted by atomic mass is 79.9. The van der Waals surface area contributed by atoms with Crippen molar-refractivity contribution in [2.45, 2.75) is 39.3 Å². The van der Waals surface area contributed by atoms with E-state index in [-0.39, 0.29) is 0 Å². The van der Waals surface area contributed by atoms with E-state index in [0.29, 0.717) is 6.04 Å². The van der Waals surface area contributed by atoms with Crippen molar-refractivity contribution in [2.24, 2.45) is 0 Å². The lowest BCUT2D eigenvalue weighted by Crippen LogP contribution is -2.15. The Morgan fingerprint density at radius 1 is 1.32 bits per heavy atom. The lowest BCUT2D eigenvalue weighted by molar-refractivity contribution is 0.671. The van der Waals surface area contributed by atoms with Crippen molar-refractivity contribution in [2.75, 3.05) is 0 Å². The fourth-order valence-electron chi connectivity index (χ4n) is 2.10. The van der Waals surface area contributed by atoms with Crippen molar-refractivity contribution >= 4 is 15.9 Å². The molecule has 0 atom stereocenters. The maximum Gasteiger partial charge on any atom is 0.0969 e. The lowest BCUT2D eigenvalue weighted by atomic mass is 10.1. The Bertz CT molecular complexity index is 578. The molecule has 0 bridgehead atoms. The molecule has 0 amide bonds. The quantitative estimate of drug-likeness (QED) is 0.941. The first-order valence-corrected chi connectivity index (χ1v) is 7.34. The van der Waals surface area contributed by atoms with Crippen molar-refractivity contribution in [1.29, 1.82) is 0 Å². The fraction of sp³-hybridized carbons (Fsp3) is 0.429. The number of hydrogen-bond donors (Lipinski definition) is 1. The van der Waals surface area contributed by atoms with Crippen molar-refractivity contribution in [3.8, 4) is 5.69 Å². The Kier molecular flexibility index (Phi) is 3.41. The molecule has 19 heavy (non-hydrogen) atoms. The number of aromatic nitrogens is 3. The average molecular weight is 321 g/mol. The zero-order valence-electron chi connectivity index (χ0n) is 11.2. The molecule has 1 aliphatic carbocycles. The molecular weight excluding hydrogens is 304 g/mol. The Morgan fingerprint density at radius 3 is 2.63 bits per heavy atom. The van der Waals surface area contributed by atoms with Gasteiger partial charge < -0.3 is 5.32 Å². The van der Waals surface area contributed by atoms with Gasteiger partial charge in [-0.15, -0.1) is 5.10 Å². The largest absolute Gasteiger partial charge is 0.308 e. The minimum Gasteiger partial charge on any atom is -0.308 e. The van der Waals surface area contributed by atoms with Crippen LogP contribution < -0.4 is 5.32 Å². The van der Waals surface area contributed by atoms with Gasteiger partial charge in [0.25, 0.3) is 0 Å². The van der Waals surface area contributed by atoms with E-state index in [1.165, 1.54) is 24.0 Å². The summed E-state index contributed by atoms with van der Waals surface area (Å²) in [7, 11) is 0. The van der Waals surface area contributed by atoms with E-state index in [1.807, 2.05) is 10.9 Å². The molecule has 3 rings (SSSR count). The molecule has 0 unspecified atom stereocenters. The number of nitrogens with zero attached hydrogens (tertiary/aromatic N) is 3. The molecular formula is C14H17BrN4. The number of nitrogens with one attached hydrogen (secondary N) is 1. The van der Waals surface area contributed by atoms with E-state index in [2.05, 4.69) is 57.5 Å². The summed E-state index contributed by atoms with van der Waals surface area (Å²) < 4.78 is 3.00. The van der Waals surface area contributed by atoms with Crippen LogP contribution in [-0.2, 0) is 6.54 Å². The summed E-state index contributed by atoms with van der Waals surface area (Å²) in [6.45, 7) is 4.99. The predicted molar refractivity (Wildman–Crippen MR) is 78.4 cm³/mol. The van der Waals surface area contributed by atoms with Crippen molar-refractivity contribution in [3.63, 3.8) is 0 Å². The number of rotatable bonds is 4. The van der Waals surface area contributed by atoms with Crippen LogP contribution in [0.15, 0.2) is 22.8 Å². The number of benzene rings is 1. The standard InChI is InChI=1S/C14H17BrN4/c1-9-5-13(6-10(2)14(9)15)19-8-12(17-18-19)7-16-11-3-4-11/h5-6,8,11,16H,3-4,7H2,1-2H3. The molecule has 0 radical (unpaired) electrons. The molecule has 5 heteroatoms. The highest BCUT2D eigenvalue weighted by Crippen LogP contribution is 2.24. The molecule has 1 aromatic carbocycles. The van der Waals surface area contributed by atoms with Gasteiger partial charge in [0, 0.05) is 17.1 Å². The SMILES string of the molecule is Cc1cc(-n2cc(CNC3CC3)nn2)cc(C)c1Br. The van der Waals surface area contributed by atoms with Crippen molar-refractivity contribution in [3.05, 3.63) is 39.6 Å². The molecule has 0 aliphatic heterocycles. The molecule has 1 aromatic heterocycles. The number of halogens is 1. The van der Waals surface area contributed by atoms with Crippen LogP contribution >= 0.6 is 15.9 Å². The second-order valence-electron chi connectivity index (χ2n) is 5.20. The molecule has 0 spiro atoms. The van der Waals surface area contributed by atoms with Gasteiger partial charge in [0.05, 0.1) is 17.6 Å². The zero-order valence-corrected chi connectivity index (χ0v) is 12.7. The van der Waals surface area contributed by atoms with Crippen molar-refractivity contribution in [1.82, 2.24) is 20.3 Å². The summed E-state index contributed by atoms with van der Waals surface area (Å²) in [5.74, 6) is 0. The summed E-state index contributed by atoms with van der Waals surface area (Å²) in [6.07, 6.45) is 4.58. The smallest absolute Gasteiger partial charge is 0.0969 e.